The van der Waals surface area contributed by atoms with Crippen molar-refractivity contribution in [3.8, 4) is 17.6 Å². The van der Waals surface area contributed by atoms with Gasteiger partial charge < -0.3 is 40.3 Å². The molecule has 6 N–H and O–H groups in total. The van der Waals surface area contributed by atoms with Gasteiger partial charge in [-0.25, -0.2) is 4.98 Å². The highest BCUT2D eigenvalue weighted by molar-refractivity contribution is 6.20. The Hall–Kier alpha value is -5.30. The number of aromatic hydroxyl groups is 1. The number of ether oxygens (including phenoxy) is 2. The first-order valence-electron chi connectivity index (χ1n) is 20.6. The van der Waals surface area contributed by atoms with Crippen molar-refractivity contribution in [3.63, 3.8) is 0 Å². The Morgan fingerprint density at radius 3 is 2.32 bits per heavy atom. The number of phenols is 1. The number of benzene rings is 1. The van der Waals surface area contributed by atoms with Gasteiger partial charge in [0.25, 0.3) is 5.91 Å². The van der Waals surface area contributed by atoms with E-state index in [1.54, 1.807) is 87.9 Å². The fraction of sp³-hybridized carbons (Fsp3) is 0.478. The first-order valence-corrected chi connectivity index (χ1v) is 20.6. The molecule has 320 valence electrons. The summed E-state index contributed by atoms with van der Waals surface area (Å²) in [6.07, 6.45) is 9.85. The van der Waals surface area contributed by atoms with Gasteiger partial charge in [0.2, 0.25) is 0 Å². The van der Waals surface area contributed by atoms with Crippen molar-refractivity contribution in [1.29, 1.82) is 0 Å². The van der Waals surface area contributed by atoms with E-state index >= 15 is 0 Å². The molecule has 1 fully saturated rings. The molecular weight excluding hydrogens is 767 g/mol. The van der Waals surface area contributed by atoms with Crippen molar-refractivity contribution < 1.29 is 44.6 Å². The number of carbonyl (C=O) groups excluding carboxylic acids is 2. The molecule has 1 saturated heterocycles. The molecule has 1 amide bonds. The molecule has 4 heterocycles. The third kappa shape index (κ3) is 8.91. The molecule has 14 nitrogen and oxygen atoms in total. The highest BCUT2D eigenvalue weighted by Crippen LogP contribution is 2.32. The maximum Gasteiger partial charge on any atom is 0.251 e. The molecule has 0 spiro atoms. The molecule has 60 heavy (non-hydrogen) atoms. The third-order valence-electron chi connectivity index (χ3n) is 12.2. The summed E-state index contributed by atoms with van der Waals surface area (Å²) in [7, 11) is 2.87. The van der Waals surface area contributed by atoms with Crippen LogP contribution >= 0.6 is 0 Å². The smallest absolute Gasteiger partial charge is 0.251 e. The number of hydrogen-bond acceptors (Lipinski definition) is 12. The number of methoxy groups -OCH3 is 2. The van der Waals surface area contributed by atoms with Gasteiger partial charge >= 0.3 is 0 Å². The summed E-state index contributed by atoms with van der Waals surface area (Å²) in [5.74, 6) is 1.05. The summed E-state index contributed by atoms with van der Waals surface area (Å²) in [5, 5.41) is 67.1. The van der Waals surface area contributed by atoms with Crippen molar-refractivity contribution in [1.82, 2.24) is 14.4 Å². The molecule has 2 bridgehead atoms. The first-order chi connectivity index (χ1) is 28.7. The van der Waals surface area contributed by atoms with Crippen LogP contribution in [0.5, 0.6) is 5.75 Å². The van der Waals surface area contributed by atoms with E-state index in [4.69, 9.17) is 19.6 Å². The molecule has 0 saturated carbocycles. The number of aromatic nitrogens is 2. The van der Waals surface area contributed by atoms with Gasteiger partial charge in [0.15, 0.2) is 17.3 Å². The molecule has 0 radical (unpaired) electrons. The molecule has 6 rings (SSSR count). The molecule has 1 aromatic carbocycles. The van der Waals surface area contributed by atoms with Gasteiger partial charge in [-0.05, 0) is 44.2 Å². The number of rotatable bonds is 4. The number of ketones is 1. The van der Waals surface area contributed by atoms with Crippen LogP contribution in [0.15, 0.2) is 59.4 Å². The Kier molecular flexibility index (Phi) is 14.0. The van der Waals surface area contributed by atoms with Crippen LogP contribution in [0.2, 0.25) is 0 Å². The number of phenolic OH excluding ortho intramolecular Hbond substituents is 1. The number of piperidine rings is 1. The number of amides is 1. The minimum atomic E-state index is -1.15. The molecule has 1 unspecified atom stereocenters. The monoisotopic (exact) mass is 823 g/mol. The van der Waals surface area contributed by atoms with E-state index in [1.807, 2.05) is 11.1 Å². The minimum Gasteiger partial charge on any atom is -0.505 e. The Bertz CT molecular complexity index is 2430. The number of hydrazone groups is 1. The number of allylic oxidation sites excluding steroid dienone is 3. The molecule has 14 heteroatoms. The van der Waals surface area contributed by atoms with Crippen LogP contribution in [0, 0.1) is 35.5 Å². The van der Waals surface area contributed by atoms with Gasteiger partial charge in [-0.1, -0.05) is 64.0 Å². The van der Waals surface area contributed by atoms with Crippen molar-refractivity contribution in [2.45, 2.75) is 90.8 Å². The summed E-state index contributed by atoms with van der Waals surface area (Å²) >= 11 is 0. The number of aliphatic hydroxyl groups excluding tert-OH is 4. The standard InChI is InChI=1S/C46H57N5O9/c1-25-13-11-14-26(2)46(58)49-40-41-39(48-35-20-17-30(24-51(35)41)23-47-50-21-9-8-10-22-50)38-36(34(60-7)19-18-32(53)37(38)45(40)57)31(52)15-12-16-33(59-6)27(3)43(55)29(5)44(56)28(4)42(25)54/h11-14,16-17,20,23-25,27-29,33-34,42-44,53-57H,8-10,15,21-22H2,1-7H3,(H,49,58)/b13-11+,16-12+,26-14-,47-23+/t25-,27+,28+,29-,33-,34?,42-,43+,44+/m0/s1. The van der Waals surface area contributed by atoms with Crippen LogP contribution < -0.4 is 15.8 Å². The van der Waals surface area contributed by atoms with E-state index < -0.39 is 77.4 Å². The lowest BCUT2D eigenvalue weighted by atomic mass is 9.78. The summed E-state index contributed by atoms with van der Waals surface area (Å²) < 4.78 is 13.2. The van der Waals surface area contributed by atoms with Gasteiger partial charge in [-0.2, -0.15) is 5.10 Å². The largest absolute Gasteiger partial charge is 0.505 e. The zero-order valence-corrected chi connectivity index (χ0v) is 35.3. The van der Waals surface area contributed by atoms with E-state index in [-0.39, 0.29) is 44.7 Å². The van der Waals surface area contributed by atoms with Gasteiger partial charge in [0.1, 0.15) is 28.5 Å². The van der Waals surface area contributed by atoms with E-state index in [1.165, 1.54) is 14.2 Å². The summed E-state index contributed by atoms with van der Waals surface area (Å²) in [5.41, 5.74) is 1.76. The predicted molar refractivity (Wildman–Crippen MR) is 230 cm³/mol. The highest BCUT2D eigenvalue weighted by Gasteiger charge is 2.37. The van der Waals surface area contributed by atoms with Crippen molar-refractivity contribution >= 4 is 51.6 Å². The average molecular weight is 824 g/mol. The van der Waals surface area contributed by atoms with Crippen molar-refractivity contribution in [2.24, 2.45) is 28.8 Å². The number of fused-ring (bicyclic) bond motifs is 1. The molecule has 3 aliphatic rings. The fourth-order valence-corrected chi connectivity index (χ4v) is 8.34. The number of anilines is 1. The fourth-order valence-electron chi connectivity index (χ4n) is 8.34. The first kappa shape index (κ1) is 44.3. The predicted octanol–water partition coefficient (Wildman–Crippen LogP) is 3.47. The van der Waals surface area contributed by atoms with Crippen molar-refractivity contribution in [3.05, 3.63) is 70.3 Å². The number of aliphatic hydroxyl groups is 4. The number of carbonyl (C=O) groups is 2. The Labute approximate surface area is 349 Å². The zero-order chi connectivity index (χ0) is 43.4. The van der Waals surface area contributed by atoms with Gasteiger partial charge in [-0.3, -0.25) is 19.0 Å². The second-order valence-electron chi connectivity index (χ2n) is 16.2. The number of imidazole rings is 1. The quantitative estimate of drug-likeness (QED) is 0.0976. The lowest BCUT2D eigenvalue weighted by Gasteiger charge is -2.36. The molecule has 9 atom stereocenters. The number of hydrogen-bond donors (Lipinski definition) is 6. The highest BCUT2D eigenvalue weighted by atomic mass is 16.5. The van der Waals surface area contributed by atoms with Crippen molar-refractivity contribution in [2.75, 3.05) is 32.6 Å². The molecule has 2 aliphatic heterocycles. The Balaban J connectivity index is 1.61. The number of nitrogens with zero attached hydrogens (tertiary/aromatic N) is 4. The van der Waals surface area contributed by atoms with E-state index in [9.17, 15) is 35.1 Å². The van der Waals surface area contributed by atoms with Gasteiger partial charge in [0.05, 0.1) is 35.8 Å². The maximum atomic E-state index is 14.5. The van der Waals surface area contributed by atoms with E-state index in [2.05, 4.69) is 17.2 Å². The molecule has 3 aromatic rings. The zero-order valence-electron chi connectivity index (χ0n) is 35.3. The van der Waals surface area contributed by atoms with Gasteiger partial charge in [0, 0.05) is 85.5 Å². The van der Waals surface area contributed by atoms with E-state index in [0.29, 0.717) is 11.2 Å². The normalized spacial score (nSPS) is 30.8. The lowest BCUT2D eigenvalue weighted by Crippen LogP contribution is -2.44. The Morgan fingerprint density at radius 2 is 1.62 bits per heavy atom. The number of pyridine rings is 1. The van der Waals surface area contributed by atoms with Crippen LogP contribution in [0.3, 0.4) is 0 Å². The van der Waals surface area contributed by atoms with Gasteiger partial charge in [-0.15, -0.1) is 0 Å². The summed E-state index contributed by atoms with van der Waals surface area (Å²) in [6, 6.07) is 3.61. The van der Waals surface area contributed by atoms with Crippen LogP contribution in [-0.4, -0.2) is 116 Å². The molecule has 1 aliphatic carbocycles. The maximum absolute atomic E-state index is 14.5. The SMILES string of the molecule is COC1C#CC(O)=c2c(O)c3c4c(nc5ccc(/C=N/N6CCCCC6)cn54)c2=C1C(=O)C/C=C/[C@H](OC)[C@@H](C)[C@@H](O)[C@H](C)[C@H](O)[C@H](C)[C@@H](O)[C@@H](C)/C=C/C=C(/C)C(=O)N3. The van der Waals surface area contributed by atoms with Crippen LogP contribution in [0.25, 0.3) is 28.0 Å². The summed E-state index contributed by atoms with van der Waals surface area (Å²) in [6.45, 7) is 10.3. The van der Waals surface area contributed by atoms with Crippen LogP contribution in [0.4, 0.5) is 5.69 Å². The number of nitrogens with one attached hydrogen (secondary N) is 1. The molecule has 2 aromatic heterocycles. The topological polar surface area (TPSA) is 199 Å². The van der Waals surface area contributed by atoms with E-state index in [0.717, 1.165) is 32.4 Å². The second-order valence-corrected chi connectivity index (χ2v) is 16.2. The second kappa shape index (κ2) is 19.0. The third-order valence-corrected chi connectivity index (χ3v) is 12.2. The van der Waals surface area contributed by atoms with Crippen LogP contribution in [0.1, 0.15) is 65.9 Å². The summed E-state index contributed by atoms with van der Waals surface area (Å²) in [4.78, 5) is 33.4. The average Bonchev–Trinajstić information content (AvgIpc) is 3.55. The Morgan fingerprint density at radius 1 is 0.917 bits per heavy atom. The van der Waals surface area contributed by atoms with Crippen LogP contribution in [-0.2, 0) is 19.1 Å². The minimum absolute atomic E-state index is 0.0298. The molecular formula is C46H57N5O9. The lowest BCUT2D eigenvalue weighted by molar-refractivity contribution is -0.114. The number of Topliss-reactive ketones (excluding diaryl/α,β-unsaturated/α-hetero) is 1.